The van der Waals surface area contributed by atoms with Gasteiger partial charge in [-0.05, 0) is 39.0 Å². The molecule has 0 amide bonds. The van der Waals surface area contributed by atoms with Gasteiger partial charge in [-0.15, -0.1) is 0 Å². The SMILES string of the molecule is CC(C)(C)N=C(N)c1ccc(O)c(C(F)(F)F)c1. The molecular formula is C12H15F3N2O. The summed E-state index contributed by atoms with van der Waals surface area (Å²) in [6.07, 6.45) is -4.62. The summed E-state index contributed by atoms with van der Waals surface area (Å²) in [5.74, 6) is -0.817. The van der Waals surface area contributed by atoms with Crippen LogP contribution in [0.4, 0.5) is 13.2 Å². The van der Waals surface area contributed by atoms with Crippen molar-refractivity contribution in [2.75, 3.05) is 0 Å². The molecule has 0 saturated heterocycles. The van der Waals surface area contributed by atoms with Crippen LogP contribution < -0.4 is 5.73 Å². The summed E-state index contributed by atoms with van der Waals surface area (Å²) in [6.45, 7) is 5.35. The van der Waals surface area contributed by atoms with E-state index in [1.165, 1.54) is 6.07 Å². The smallest absolute Gasteiger partial charge is 0.419 e. The van der Waals surface area contributed by atoms with Gasteiger partial charge in [0.1, 0.15) is 11.6 Å². The Balaban J connectivity index is 3.26. The number of alkyl halides is 3. The normalized spacial score (nSPS) is 13.8. The standard InChI is InChI=1S/C12H15F3N2O/c1-11(2,3)17-10(16)7-4-5-9(18)8(6-7)12(13,14)15/h4-6,18H,1-3H3,(H2,16,17). The first kappa shape index (κ1) is 14.3. The molecule has 0 aliphatic rings. The van der Waals surface area contributed by atoms with Gasteiger partial charge in [-0.3, -0.25) is 4.99 Å². The summed E-state index contributed by atoms with van der Waals surface area (Å²) in [4.78, 5) is 4.08. The highest BCUT2D eigenvalue weighted by Crippen LogP contribution is 2.36. The average Bonchev–Trinajstić information content (AvgIpc) is 2.13. The lowest BCUT2D eigenvalue weighted by Crippen LogP contribution is -2.21. The molecule has 0 bridgehead atoms. The van der Waals surface area contributed by atoms with E-state index in [-0.39, 0.29) is 11.4 Å². The van der Waals surface area contributed by atoms with E-state index in [1.807, 2.05) is 0 Å². The van der Waals surface area contributed by atoms with Crippen LogP contribution in [0.5, 0.6) is 5.75 Å². The molecule has 1 rings (SSSR count). The molecule has 6 heteroatoms. The molecule has 100 valence electrons. The van der Waals surface area contributed by atoms with Gasteiger partial charge in [-0.2, -0.15) is 13.2 Å². The lowest BCUT2D eigenvalue weighted by molar-refractivity contribution is -0.138. The number of hydrogen-bond acceptors (Lipinski definition) is 2. The molecule has 3 nitrogen and oxygen atoms in total. The molecule has 3 N–H and O–H groups in total. The van der Waals surface area contributed by atoms with Crippen LogP contribution in [0.2, 0.25) is 0 Å². The number of nitrogens with two attached hydrogens (primary N) is 1. The van der Waals surface area contributed by atoms with Gasteiger partial charge in [-0.25, -0.2) is 0 Å². The topological polar surface area (TPSA) is 58.6 Å². The van der Waals surface area contributed by atoms with Crippen LogP contribution >= 0.6 is 0 Å². The number of nitrogens with zero attached hydrogens (tertiary/aromatic N) is 1. The van der Waals surface area contributed by atoms with Crippen molar-refractivity contribution >= 4 is 5.84 Å². The molecule has 0 radical (unpaired) electrons. The summed E-state index contributed by atoms with van der Waals surface area (Å²) in [5.41, 5.74) is 4.17. The lowest BCUT2D eigenvalue weighted by atomic mass is 10.1. The van der Waals surface area contributed by atoms with Gasteiger partial charge >= 0.3 is 6.18 Å². The summed E-state index contributed by atoms with van der Waals surface area (Å²) in [5, 5.41) is 9.18. The Morgan fingerprint density at radius 3 is 2.22 bits per heavy atom. The zero-order valence-electron chi connectivity index (χ0n) is 10.3. The number of phenols is 1. The molecule has 1 aromatic rings. The van der Waals surface area contributed by atoms with Crippen molar-refractivity contribution in [1.82, 2.24) is 0 Å². The number of benzene rings is 1. The summed E-state index contributed by atoms with van der Waals surface area (Å²) < 4.78 is 37.8. The molecule has 0 aliphatic carbocycles. The predicted octanol–water partition coefficient (Wildman–Crippen LogP) is 2.91. The predicted molar refractivity (Wildman–Crippen MR) is 63.6 cm³/mol. The van der Waals surface area contributed by atoms with E-state index in [9.17, 15) is 18.3 Å². The van der Waals surface area contributed by atoms with E-state index in [2.05, 4.69) is 4.99 Å². The quantitative estimate of drug-likeness (QED) is 0.602. The van der Waals surface area contributed by atoms with Crippen LogP contribution in [0.1, 0.15) is 31.9 Å². The second-order valence-corrected chi connectivity index (χ2v) is 4.90. The van der Waals surface area contributed by atoms with Crippen LogP contribution in [0.15, 0.2) is 23.2 Å². The van der Waals surface area contributed by atoms with E-state index >= 15 is 0 Å². The third-order valence-electron chi connectivity index (χ3n) is 2.05. The number of aromatic hydroxyl groups is 1. The highest BCUT2D eigenvalue weighted by atomic mass is 19.4. The number of aliphatic imine (C=N–C) groups is 1. The number of halogens is 3. The summed E-state index contributed by atoms with van der Waals surface area (Å²) in [7, 11) is 0. The zero-order chi connectivity index (χ0) is 14.1. The van der Waals surface area contributed by atoms with Gasteiger partial charge in [0, 0.05) is 5.56 Å². The van der Waals surface area contributed by atoms with Gasteiger partial charge in [0.2, 0.25) is 0 Å². The number of rotatable bonds is 1. The first-order valence-electron chi connectivity index (χ1n) is 5.26. The monoisotopic (exact) mass is 260 g/mol. The van der Waals surface area contributed by atoms with Crippen molar-refractivity contribution in [3.63, 3.8) is 0 Å². The molecule has 0 heterocycles. The summed E-state index contributed by atoms with van der Waals surface area (Å²) >= 11 is 0. The molecule has 18 heavy (non-hydrogen) atoms. The van der Waals surface area contributed by atoms with E-state index in [1.54, 1.807) is 20.8 Å². The van der Waals surface area contributed by atoms with Crippen molar-refractivity contribution in [1.29, 1.82) is 0 Å². The average molecular weight is 260 g/mol. The Bertz CT molecular complexity index is 473. The van der Waals surface area contributed by atoms with E-state index in [0.29, 0.717) is 0 Å². The highest BCUT2D eigenvalue weighted by Gasteiger charge is 2.34. The number of phenolic OH excluding ortho intramolecular Hbond substituents is 1. The van der Waals surface area contributed by atoms with Gasteiger partial charge in [0.25, 0.3) is 0 Å². The molecule has 0 fully saturated rings. The Labute approximate surface area is 103 Å². The van der Waals surface area contributed by atoms with Gasteiger partial charge < -0.3 is 10.8 Å². The minimum Gasteiger partial charge on any atom is -0.507 e. The van der Waals surface area contributed by atoms with Crippen LogP contribution in [0.25, 0.3) is 0 Å². The molecule has 0 unspecified atom stereocenters. The maximum absolute atomic E-state index is 12.6. The highest BCUT2D eigenvalue weighted by molar-refractivity contribution is 5.98. The maximum Gasteiger partial charge on any atom is 0.419 e. The number of hydrogen-bond donors (Lipinski definition) is 2. The second kappa shape index (κ2) is 4.51. The fourth-order valence-electron chi connectivity index (χ4n) is 1.35. The van der Waals surface area contributed by atoms with Crippen LogP contribution in [-0.4, -0.2) is 16.5 Å². The van der Waals surface area contributed by atoms with E-state index < -0.39 is 23.0 Å². The van der Waals surface area contributed by atoms with Crippen LogP contribution in [-0.2, 0) is 6.18 Å². The van der Waals surface area contributed by atoms with Crippen molar-refractivity contribution < 1.29 is 18.3 Å². The molecule has 0 spiro atoms. The third kappa shape index (κ3) is 3.65. The molecule has 0 aromatic heterocycles. The maximum atomic E-state index is 12.6. The van der Waals surface area contributed by atoms with Crippen molar-refractivity contribution in [2.24, 2.45) is 10.7 Å². The lowest BCUT2D eigenvalue weighted by Gasteiger charge is -2.15. The van der Waals surface area contributed by atoms with E-state index in [0.717, 1.165) is 12.1 Å². The van der Waals surface area contributed by atoms with Gasteiger partial charge in [0.05, 0.1) is 11.1 Å². The fraction of sp³-hybridized carbons (Fsp3) is 0.417. The minimum absolute atomic E-state index is 0.00741. The molecule has 0 atom stereocenters. The largest absolute Gasteiger partial charge is 0.507 e. The second-order valence-electron chi connectivity index (χ2n) is 4.90. The first-order chi connectivity index (χ1) is 8.00. The third-order valence-corrected chi connectivity index (χ3v) is 2.05. The van der Waals surface area contributed by atoms with Crippen molar-refractivity contribution in [3.8, 4) is 5.75 Å². The Hall–Kier alpha value is -1.72. The molecule has 0 saturated carbocycles. The van der Waals surface area contributed by atoms with Crippen LogP contribution in [0.3, 0.4) is 0 Å². The van der Waals surface area contributed by atoms with Gasteiger partial charge in [0.15, 0.2) is 0 Å². The Kier molecular flexibility index (Phi) is 3.59. The van der Waals surface area contributed by atoms with E-state index in [4.69, 9.17) is 5.73 Å². The molecule has 0 aliphatic heterocycles. The Morgan fingerprint density at radius 2 is 1.78 bits per heavy atom. The minimum atomic E-state index is -4.62. The first-order valence-corrected chi connectivity index (χ1v) is 5.26. The van der Waals surface area contributed by atoms with Crippen molar-refractivity contribution in [3.05, 3.63) is 29.3 Å². The van der Waals surface area contributed by atoms with Crippen LogP contribution in [0, 0.1) is 0 Å². The molecular weight excluding hydrogens is 245 g/mol. The fourth-order valence-corrected chi connectivity index (χ4v) is 1.35. The summed E-state index contributed by atoms with van der Waals surface area (Å²) in [6, 6.07) is 3.05. The Morgan fingerprint density at radius 1 is 1.22 bits per heavy atom. The van der Waals surface area contributed by atoms with Gasteiger partial charge in [-0.1, -0.05) is 0 Å². The zero-order valence-corrected chi connectivity index (χ0v) is 10.3. The molecule has 1 aromatic carbocycles. The number of amidine groups is 1. The van der Waals surface area contributed by atoms with Crippen molar-refractivity contribution in [2.45, 2.75) is 32.5 Å².